The average molecular weight is 693 g/mol. The number of aromatic nitrogens is 2. The van der Waals surface area contributed by atoms with Crippen molar-refractivity contribution < 1.29 is 41.4 Å². The summed E-state index contributed by atoms with van der Waals surface area (Å²) in [5.74, 6) is -3.87. The van der Waals surface area contributed by atoms with Crippen LogP contribution in [-0.4, -0.2) is 64.6 Å². The van der Waals surface area contributed by atoms with Crippen molar-refractivity contribution in [2.24, 2.45) is 5.92 Å². The molecule has 49 heavy (non-hydrogen) atoms. The van der Waals surface area contributed by atoms with Gasteiger partial charge in [-0.3, -0.25) is 19.3 Å². The van der Waals surface area contributed by atoms with E-state index in [1.54, 1.807) is 46.8 Å². The summed E-state index contributed by atoms with van der Waals surface area (Å²) in [6, 6.07) is 3.24. The SMILES string of the molecule is COc1cc(C)c(-c2cc(C(CC(=O)O)NC(=O)C(CC(C)C)n3nc(CCN4CC(F)C4)c(C)cc3=O)c(F)c(C(F)(F)F)c2)c(C)c1. The van der Waals surface area contributed by atoms with Crippen LogP contribution in [0.15, 0.2) is 35.1 Å². The standard InChI is InChI=1S/C35H41F5N4O5/c1-18(2)9-29(44-30(45)12-19(3)27(42-44)7-8-43-16-23(36)17-43)34(48)41-28(15-31(46)47)25-13-22(14-26(33(25)37)35(38,39)40)32-20(4)10-24(49-6)11-21(32)5/h10-14,18,23,28-29H,7-9,15-17H2,1-6H3,(H,41,48)(H,46,47). The number of carboxylic acid groups (broad SMARTS) is 1. The number of ether oxygens (including phenoxy) is 1. The van der Waals surface area contributed by atoms with Gasteiger partial charge in [0.25, 0.3) is 5.56 Å². The van der Waals surface area contributed by atoms with Crippen molar-refractivity contribution in [1.82, 2.24) is 20.0 Å². The normalized spacial score (nSPS) is 15.2. The summed E-state index contributed by atoms with van der Waals surface area (Å²) in [6.45, 7) is 9.59. The van der Waals surface area contributed by atoms with Gasteiger partial charge in [-0.05, 0) is 85.2 Å². The fourth-order valence-electron chi connectivity index (χ4n) is 6.21. The lowest BCUT2D eigenvalue weighted by Gasteiger charge is -2.34. The molecule has 4 rings (SSSR count). The number of halogens is 5. The van der Waals surface area contributed by atoms with Crippen LogP contribution < -0.4 is 15.6 Å². The van der Waals surface area contributed by atoms with E-state index in [1.165, 1.54) is 13.2 Å². The summed E-state index contributed by atoms with van der Waals surface area (Å²) in [6.07, 6.45) is -6.60. The van der Waals surface area contributed by atoms with Gasteiger partial charge in [-0.2, -0.15) is 18.3 Å². The highest BCUT2D eigenvalue weighted by molar-refractivity contribution is 5.82. The minimum absolute atomic E-state index is 0.0351. The van der Waals surface area contributed by atoms with Crippen molar-refractivity contribution >= 4 is 11.9 Å². The van der Waals surface area contributed by atoms with Gasteiger partial charge in [0.05, 0.1) is 30.8 Å². The van der Waals surface area contributed by atoms with Crippen molar-refractivity contribution in [2.45, 2.75) is 78.3 Å². The van der Waals surface area contributed by atoms with E-state index in [9.17, 15) is 37.1 Å². The molecule has 0 aliphatic carbocycles. The first-order chi connectivity index (χ1) is 22.9. The van der Waals surface area contributed by atoms with E-state index in [4.69, 9.17) is 4.74 Å². The number of aliphatic carboxylic acids is 1. The molecule has 1 amide bonds. The topological polar surface area (TPSA) is 114 Å². The maximum atomic E-state index is 15.9. The molecule has 0 spiro atoms. The zero-order valence-corrected chi connectivity index (χ0v) is 28.3. The average Bonchev–Trinajstić information content (AvgIpc) is 2.97. The number of likely N-dealkylation sites (tertiary alicyclic amines) is 1. The Kier molecular flexibility index (Phi) is 11.5. The molecular weight excluding hydrogens is 651 g/mol. The summed E-state index contributed by atoms with van der Waals surface area (Å²) in [7, 11) is 1.44. The molecule has 1 aliphatic heterocycles. The molecule has 266 valence electrons. The van der Waals surface area contributed by atoms with Crippen LogP contribution in [0.4, 0.5) is 22.0 Å². The molecule has 3 aromatic rings. The van der Waals surface area contributed by atoms with E-state index in [-0.39, 0.29) is 31.0 Å². The number of carboxylic acids is 1. The van der Waals surface area contributed by atoms with E-state index in [0.29, 0.717) is 52.7 Å². The predicted octanol–water partition coefficient (Wildman–Crippen LogP) is 6.12. The minimum atomic E-state index is -5.15. The maximum absolute atomic E-state index is 15.9. The highest BCUT2D eigenvalue weighted by atomic mass is 19.4. The number of aryl methyl sites for hydroxylation is 3. The number of benzene rings is 2. The van der Waals surface area contributed by atoms with Crippen LogP contribution in [-0.2, 0) is 22.2 Å². The number of nitrogens with one attached hydrogen (secondary N) is 1. The molecule has 2 unspecified atom stereocenters. The molecule has 1 fully saturated rings. The van der Waals surface area contributed by atoms with Gasteiger partial charge in [-0.25, -0.2) is 13.5 Å². The third-order valence-electron chi connectivity index (χ3n) is 8.63. The van der Waals surface area contributed by atoms with Crippen LogP contribution in [0.25, 0.3) is 11.1 Å². The molecule has 1 aromatic heterocycles. The molecule has 2 heterocycles. The summed E-state index contributed by atoms with van der Waals surface area (Å²) in [5.41, 5.74) is -0.499. The van der Waals surface area contributed by atoms with Crippen molar-refractivity contribution in [3.05, 3.63) is 80.0 Å². The number of hydrogen-bond donors (Lipinski definition) is 2. The summed E-state index contributed by atoms with van der Waals surface area (Å²) >= 11 is 0. The van der Waals surface area contributed by atoms with Gasteiger partial charge < -0.3 is 15.2 Å². The van der Waals surface area contributed by atoms with E-state index in [0.717, 1.165) is 10.7 Å². The van der Waals surface area contributed by atoms with Gasteiger partial charge in [0.15, 0.2) is 0 Å². The Morgan fingerprint density at radius 3 is 2.22 bits per heavy atom. The highest BCUT2D eigenvalue weighted by Crippen LogP contribution is 2.40. The number of alkyl halides is 4. The van der Waals surface area contributed by atoms with Gasteiger partial charge in [0, 0.05) is 37.7 Å². The van der Waals surface area contributed by atoms with Crippen LogP contribution in [0.5, 0.6) is 5.75 Å². The smallest absolute Gasteiger partial charge is 0.419 e. The van der Waals surface area contributed by atoms with Crippen molar-refractivity contribution in [2.75, 3.05) is 26.7 Å². The van der Waals surface area contributed by atoms with E-state index in [2.05, 4.69) is 10.4 Å². The molecule has 0 radical (unpaired) electrons. The molecule has 14 heteroatoms. The van der Waals surface area contributed by atoms with E-state index >= 15 is 4.39 Å². The number of nitrogens with zero attached hydrogens (tertiary/aromatic N) is 3. The monoisotopic (exact) mass is 692 g/mol. The second kappa shape index (κ2) is 15.1. The zero-order chi connectivity index (χ0) is 36.4. The fraction of sp³-hybridized carbons (Fsp3) is 0.486. The first-order valence-corrected chi connectivity index (χ1v) is 15.9. The molecule has 1 aliphatic rings. The van der Waals surface area contributed by atoms with Crippen LogP contribution in [0.3, 0.4) is 0 Å². The van der Waals surface area contributed by atoms with Gasteiger partial charge in [-0.15, -0.1) is 0 Å². The number of carbonyl (C=O) groups is 2. The minimum Gasteiger partial charge on any atom is -0.497 e. The Morgan fingerprint density at radius 1 is 1.06 bits per heavy atom. The highest BCUT2D eigenvalue weighted by Gasteiger charge is 2.38. The molecule has 2 atom stereocenters. The first kappa shape index (κ1) is 37.5. The third kappa shape index (κ3) is 8.83. The summed E-state index contributed by atoms with van der Waals surface area (Å²) in [4.78, 5) is 41.1. The Balaban J connectivity index is 1.79. The Bertz CT molecular complexity index is 1750. The van der Waals surface area contributed by atoms with E-state index < -0.39 is 65.2 Å². The molecule has 1 saturated heterocycles. The Hall–Kier alpha value is -4.33. The molecule has 0 bridgehead atoms. The quantitative estimate of drug-likeness (QED) is 0.208. The van der Waals surface area contributed by atoms with Crippen molar-refractivity contribution in [1.29, 1.82) is 0 Å². The third-order valence-corrected chi connectivity index (χ3v) is 8.63. The van der Waals surface area contributed by atoms with Crippen molar-refractivity contribution in [3.63, 3.8) is 0 Å². The predicted molar refractivity (Wildman–Crippen MR) is 173 cm³/mol. The molecule has 0 saturated carbocycles. The first-order valence-electron chi connectivity index (χ1n) is 15.9. The molecular formula is C35H41F5N4O5. The van der Waals surface area contributed by atoms with Gasteiger partial charge in [0.2, 0.25) is 5.91 Å². The number of hydrogen-bond acceptors (Lipinski definition) is 6. The Morgan fingerprint density at radius 2 is 1.69 bits per heavy atom. The zero-order valence-electron chi connectivity index (χ0n) is 28.3. The Labute approximate surface area is 281 Å². The van der Waals surface area contributed by atoms with Crippen LogP contribution in [0, 0.1) is 32.5 Å². The summed E-state index contributed by atoms with van der Waals surface area (Å²) in [5, 5.41) is 16.7. The fourth-order valence-corrected chi connectivity index (χ4v) is 6.21. The lowest BCUT2D eigenvalue weighted by molar-refractivity contribution is -0.140. The number of carbonyl (C=O) groups excluding carboxylic acids is 1. The van der Waals surface area contributed by atoms with Crippen LogP contribution >= 0.6 is 0 Å². The largest absolute Gasteiger partial charge is 0.497 e. The molecule has 2 aromatic carbocycles. The second-order valence-corrected chi connectivity index (χ2v) is 13.0. The van der Waals surface area contributed by atoms with Crippen LogP contribution in [0.1, 0.15) is 72.3 Å². The van der Waals surface area contributed by atoms with Crippen LogP contribution in [0.2, 0.25) is 0 Å². The van der Waals surface area contributed by atoms with Crippen molar-refractivity contribution in [3.8, 4) is 16.9 Å². The maximum Gasteiger partial charge on any atom is 0.419 e. The number of rotatable bonds is 13. The number of amides is 1. The lowest BCUT2D eigenvalue weighted by atomic mass is 9.89. The molecule has 2 N–H and O–H groups in total. The van der Waals surface area contributed by atoms with Gasteiger partial charge >= 0.3 is 12.1 Å². The lowest BCUT2D eigenvalue weighted by Crippen LogP contribution is -2.49. The van der Waals surface area contributed by atoms with Gasteiger partial charge in [-0.1, -0.05) is 13.8 Å². The van der Waals surface area contributed by atoms with E-state index in [1.807, 2.05) is 4.90 Å². The summed E-state index contributed by atoms with van der Waals surface area (Å²) < 4.78 is 78.2. The molecule has 9 nitrogen and oxygen atoms in total. The second-order valence-electron chi connectivity index (χ2n) is 13.0. The number of methoxy groups -OCH3 is 1. The van der Waals surface area contributed by atoms with Gasteiger partial charge in [0.1, 0.15) is 23.8 Å².